The van der Waals surface area contributed by atoms with E-state index in [1.54, 1.807) is 5.57 Å². The summed E-state index contributed by atoms with van der Waals surface area (Å²) in [6.07, 6.45) is 25.4. The van der Waals surface area contributed by atoms with Gasteiger partial charge >= 0.3 is 0 Å². The van der Waals surface area contributed by atoms with E-state index in [-0.39, 0.29) is 29.7 Å². The van der Waals surface area contributed by atoms with Crippen molar-refractivity contribution in [3.8, 4) is 0 Å². The molecule has 0 aromatic rings. The van der Waals surface area contributed by atoms with Gasteiger partial charge in [-0.05, 0) is 75.0 Å². The van der Waals surface area contributed by atoms with Gasteiger partial charge in [0.25, 0.3) is 0 Å². The molecule has 33 heavy (non-hydrogen) atoms. The van der Waals surface area contributed by atoms with Crippen molar-refractivity contribution in [3.05, 3.63) is 36.5 Å². The lowest BCUT2D eigenvalue weighted by Gasteiger charge is -2.19. The average Bonchev–Trinajstić information content (AvgIpc) is 3.18. The third-order valence-corrected chi connectivity index (χ3v) is 6.70. The molecule has 0 saturated heterocycles. The molecule has 0 nitrogen and oxygen atoms in total. The summed E-state index contributed by atoms with van der Waals surface area (Å²) in [6, 6.07) is 0. The third kappa shape index (κ3) is 24.2. The van der Waals surface area contributed by atoms with Crippen molar-refractivity contribution < 1.29 is 0 Å². The molecule has 0 saturated carbocycles. The Morgan fingerprint density at radius 3 is 2.06 bits per heavy atom. The maximum atomic E-state index is 3.69. The van der Waals surface area contributed by atoms with Crippen molar-refractivity contribution in [2.75, 3.05) is 0 Å². The molecule has 0 radical (unpaired) electrons. The SMILES string of the molecule is C.C.C.C.C=CCC(C)(C)CC.CCCC(C)CC1C=CCC1.CCCC1CC=C(C)CC1. The molecule has 0 N–H and O–H groups in total. The first-order valence-electron chi connectivity index (χ1n) is 12.7. The maximum absolute atomic E-state index is 3.69. The quantitative estimate of drug-likeness (QED) is 0.296. The molecular weight excluding hydrogens is 396 g/mol. The van der Waals surface area contributed by atoms with Gasteiger partial charge in [0.2, 0.25) is 0 Å². The molecule has 0 aliphatic heterocycles. The Balaban J connectivity index is -0.000000113. The summed E-state index contributed by atoms with van der Waals surface area (Å²) in [7, 11) is 0. The molecule has 0 heterocycles. The highest BCUT2D eigenvalue weighted by Crippen LogP contribution is 2.27. The van der Waals surface area contributed by atoms with Crippen LogP contribution in [0.5, 0.6) is 0 Å². The van der Waals surface area contributed by atoms with E-state index in [2.05, 4.69) is 73.3 Å². The fraction of sp³-hybridized carbons (Fsp3) is 0.818. The van der Waals surface area contributed by atoms with Crippen LogP contribution in [0.15, 0.2) is 36.5 Å². The van der Waals surface area contributed by atoms with Gasteiger partial charge in [-0.15, -0.1) is 6.58 Å². The highest BCUT2D eigenvalue weighted by atomic mass is 14.2. The highest BCUT2D eigenvalue weighted by Gasteiger charge is 2.13. The lowest BCUT2D eigenvalue weighted by Crippen LogP contribution is -2.06. The standard InChI is InChI=1S/C11H20.C10H18.C8H16.4CH4/c1-3-6-10(2)9-11-7-4-5-8-11;1-3-4-10-7-5-9(2)6-8-10;1-5-7-8(3,4)6-2;;;;/h4,7,10-11H,3,5-6,8-9H2,1-2H3;5,10H,3-4,6-8H2,1-2H3;5H,1,6-7H2,2-4H3;4*1H4. The van der Waals surface area contributed by atoms with Crippen molar-refractivity contribution in [3.63, 3.8) is 0 Å². The molecule has 202 valence electrons. The van der Waals surface area contributed by atoms with E-state index >= 15 is 0 Å². The monoisotopic (exact) mass is 467 g/mol. The smallest absolute Gasteiger partial charge is 0.0228 e. The van der Waals surface area contributed by atoms with E-state index in [1.807, 2.05) is 6.08 Å². The first-order chi connectivity index (χ1) is 13.8. The molecule has 0 aromatic carbocycles. The third-order valence-electron chi connectivity index (χ3n) is 6.70. The summed E-state index contributed by atoms with van der Waals surface area (Å²) < 4.78 is 0. The minimum atomic E-state index is 0. The summed E-state index contributed by atoms with van der Waals surface area (Å²) in [5.41, 5.74) is 2.08. The minimum absolute atomic E-state index is 0. The summed E-state index contributed by atoms with van der Waals surface area (Å²) in [4.78, 5) is 0. The molecule has 0 bridgehead atoms. The Labute approximate surface area is 214 Å². The van der Waals surface area contributed by atoms with Crippen LogP contribution >= 0.6 is 0 Å². The summed E-state index contributed by atoms with van der Waals surface area (Å²) in [5, 5.41) is 0. The Morgan fingerprint density at radius 2 is 1.70 bits per heavy atom. The number of hydrogen-bond donors (Lipinski definition) is 0. The van der Waals surface area contributed by atoms with Crippen molar-refractivity contribution in [1.29, 1.82) is 0 Å². The topological polar surface area (TPSA) is 0 Å². The molecule has 0 heteroatoms. The van der Waals surface area contributed by atoms with Crippen LogP contribution in [0.4, 0.5) is 0 Å². The molecule has 2 aliphatic carbocycles. The summed E-state index contributed by atoms with van der Waals surface area (Å²) in [6.45, 7) is 19.6. The number of hydrogen-bond acceptors (Lipinski definition) is 0. The molecule has 0 amide bonds. The molecule has 3 unspecified atom stereocenters. The second-order valence-electron chi connectivity index (χ2n) is 10.4. The van der Waals surface area contributed by atoms with E-state index < -0.39 is 0 Å². The zero-order valence-electron chi connectivity index (χ0n) is 21.2. The van der Waals surface area contributed by atoms with Gasteiger partial charge < -0.3 is 0 Å². The zero-order valence-corrected chi connectivity index (χ0v) is 21.2. The first kappa shape index (κ1) is 42.4. The largest absolute Gasteiger partial charge is 0.103 e. The van der Waals surface area contributed by atoms with Crippen LogP contribution < -0.4 is 0 Å². The van der Waals surface area contributed by atoms with Crippen LogP contribution in [0.3, 0.4) is 0 Å². The van der Waals surface area contributed by atoms with Gasteiger partial charge in [0, 0.05) is 0 Å². The van der Waals surface area contributed by atoms with E-state index in [9.17, 15) is 0 Å². The van der Waals surface area contributed by atoms with Crippen molar-refractivity contribution >= 4 is 0 Å². The Morgan fingerprint density at radius 1 is 1.06 bits per heavy atom. The predicted octanol–water partition coefficient (Wildman–Crippen LogP) is 12.9. The van der Waals surface area contributed by atoms with Gasteiger partial charge in [-0.3, -0.25) is 0 Å². The van der Waals surface area contributed by atoms with E-state index in [0.717, 1.165) is 24.2 Å². The zero-order chi connectivity index (χ0) is 22.1. The second kappa shape index (κ2) is 25.8. The Bertz CT molecular complexity index is 451. The summed E-state index contributed by atoms with van der Waals surface area (Å²) in [5.74, 6) is 2.86. The Hall–Kier alpha value is -0.780. The average molecular weight is 467 g/mol. The van der Waals surface area contributed by atoms with Gasteiger partial charge in [0.15, 0.2) is 0 Å². The van der Waals surface area contributed by atoms with Crippen LogP contribution in [0.1, 0.15) is 155 Å². The lowest BCUT2D eigenvalue weighted by atomic mass is 9.87. The molecule has 0 aromatic heterocycles. The van der Waals surface area contributed by atoms with Crippen molar-refractivity contribution in [1.82, 2.24) is 0 Å². The molecular formula is C33H70. The Kier molecular flexibility index (Phi) is 33.2. The minimum Gasteiger partial charge on any atom is -0.103 e. The molecule has 0 spiro atoms. The van der Waals surface area contributed by atoms with Gasteiger partial charge in [-0.2, -0.15) is 0 Å². The molecule has 2 rings (SSSR count). The predicted molar refractivity (Wildman–Crippen MR) is 162 cm³/mol. The van der Waals surface area contributed by atoms with Crippen LogP contribution in [0, 0.1) is 23.2 Å². The lowest BCUT2D eigenvalue weighted by molar-refractivity contribution is 0.357. The number of rotatable bonds is 9. The first-order valence-corrected chi connectivity index (χ1v) is 12.7. The second-order valence-corrected chi connectivity index (χ2v) is 10.4. The van der Waals surface area contributed by atoms with Crippen LogP contribution in [0.2, 0.25) is 0 Å². The van der Waals surface area contributed by atoms with Gasteiger partial charge in [-0.25, -0.2) is 0 Å². The van der Waals surface area contributed by atoms with Crippen LogP contribution in [0.25, 0.3) is 0 Å². The fourth-order valence-electron chi connectivity index (χ4n) is 4.24. The molecule has 0 fully saturated rings. The van der Waals surface area contributed by atoms with Crippen LogP contribution in [-0.4, -0.2) is 0 Å². The van der Waals surface area contributed by atoms with E-state index in [0.29, 0.717) is 5.41 Å². The van der Waals surface area contributed by atoms with E-state index in [1.165, 1.54) is 70.6 Å². The normalized spacial score (nSPS) is 19.3. The highest BCUT2D eigenvalue weighted by molar-refractivity contribution is 5.02. The van der Waals surface area contributed by atoms with Gasteiger partial charge in [0.1, 0.15) is 0 Å². The van der Waals surface area contributed by atoms with Gasteiger partial charge in [-0.1, -0.05) is 133 Å². The fourth-order valence-corrected chi connectivity index (χ4v) is 4.24. The van der Waals surface area contributed by atoms with E-state index in [4.69, 9.17) is 0 Å². The van der Waals surface area contributed by atoms with Crippen LogP contribution in [-0.2, 0) is 0 Å². The molecule has 3 atom stereocenters. The maximum Gasteiger partial charge on any atom is -0.0228 e. The molecule has 2 aliphatic rings. The van der Waals surface area contributed by atoms with Gasteiger partial charge in [0.05, 0.1) is 0 Å². The van der Waals surface area contributed by atoms with Crippen molar-refractivity contribution in [2.24, 2.45) is 23.2 Å². The summed E-state index contributed by atoms with van der Waals surface area (Å²) >= 11 is 0. The number of allylic oxidation sites excluding steroid dienone is 5. The van der Waals surface area contributed by atoms with Crippen molar-refractivity contribution in [2.45, 2.75) is 155 Å².